The minimum absolute atomic E-state index is 0.335. The second-order valence-corrected chi connectivity index (χ2v) is 9.35. The van der Waals surface area contributed by atoms with Crippen molar-refractivity contribution in [1.82, 2.24) is 4.98 Å². The molecule has 0 unspecified atom stereocenters. The third-order valence-electron chi connectivity index (χ3n) is 4.46. The van der Waals surface area contributed by atoms with Crippen molar-refractivity contribution < 1.29 is 8.42 Å². The van der Waals surface area contributed by atoms with Gasteiger partial charge < -0.3 is 0 Å². The standard InChI is InChI=1S/C24H20N2O2S2/c1-18-12-14-19(15-13-18)16-17-30(27,28)26-24-25-22(20-8-4-2-5-9-20)23(29-24)21-10-6-3-7-11-21/h2-17H,1H3,(H,25,26)/b17-16+. The molecule has 6 heteroatoms. The van der Waals surface area contributed by atoms with Crippen molar-refractivity contribution in [3.05, 3.63) is 101 Å². The predicted octanol–water partition coefficient (Wildman–Crippen LogP) is 6.20. The van der Waals surface area contributed by atoms with Crippen LogP contribution in [0, 0.1) is 6.92 Å². The number of nitrogens with one attached hydrogen (secondary N) is 1. The molecule has 0 aliphatic heterocycles. The molecule has 0 aliphatic rings. The van der Waals surface area contributed by atoms with Crippen molar-refractivity contribution in [2.24, 2.45) is 0 Å². The van der Waals surface area contributed by atoms with E-state index >= 15 is 0 Å². The molecule has 0 atom stereocenters. The molecule has 1 N–H and O–H groups in total. The molecule has 4 rings (SSSR count). The molecule has 0 spiro atoms. The zero-order chi connectivity index (χ0) is 21.0. The molecule has 1 aromatic heterocycles. The molecule has 0 amide bonds. The zero-order valence-corrected chi connectivity index (χ0v) is 18.0. The van der Waals surface area contributed by atoms with Gasteiger partial charge in [0.1, 0.15) is 0 Å². The fourth-order valence-electron chi connectivity index (χ4n) is 2.94. The second kappa shape index (κ2) is 8.65. The molecule has 30 heavy (non-hydrogen) atoms. The van der Waals surface area contributed by atoms with E-state index in [1.807, 2.05) is 91.9 Å². The molecule has 4 aromatic rings. The van der Waals surface area contributed by atoms with Gasteiger partial charge in [0, 0.05) is 5.56 Å². The van der Waals surface area contributed by atoms with Crippen molar-refractivity contribution in [2.75, 3.05) is 4.72 Å². The summed E-state index contributed by atoms with van der Waals surface area (Å²) >= 11 is 1.32. The van der Waals surface area contributed by atoms with Crippen LogP contribution in [0.5, 0.6) is 0 Å². The van der Waals surface area contributed by atoms with Gasteiger partial charge in [0.15, 0.2) is 5.13 Å². The van der Waals surface area contributed by atoms with E-state index in [4.69, 9.17) is 0 Å². The number of nitrogens with zero attached hydrogens (tertiary/aromatic N) is 1. The van der Waals surface area contributed by atoms with Crippen molar-refractivity contribution in [3.8, 4) is 21.7 Å². The smallest absolute Gasteiger partial charge is 0.255 e. The van der Waals surface area contributed by atoms with Crippen LogP contribution in [-0.4, -0.2) is 13.4 Å². The lowest BCUT2D eigenvalue weighted by Crippen LogP contribution is -2.08. The quantitative estimate of drug-likeness (QED) is 0.395. The first-order chi connectivity index (χ1) is 14.5. The maximum atomic E-state index is 12.6. The number of aromatic nitrogens is 1. The lowest BCUT2D eigenvalue weighted by atomic mass is 10.1. The third-order valence-corrected chi connectivity index (χ3v) is 6.58. The highest BCUT2D eigenvalue weighted by Gasteiger charge is 2.17. The molecule has 0 fully saturated rings. The van der Waals surface area contributed by atoms with Crippen LogP contribution in [0.4, 0.5) is 5.13 Å². The maximum absolute atomic E-state index is 12.6. The largest absolute Gasteiger partial charge is 0.256 e. The Hall–Kier alpha value is -3.22. The summed E-state index contributed by atoms with van der Waals surface area (Å²) in [5, 5.41) is 1.50. The molecule has 0 aliphatic carbocycles. The highest BCUT2D eigenvalue weighted by molar-refractivity contribution is 7.95. The van der Waals surface area contributed by atoms with Crippen molar-refractivity contribution in [1.29, 1.82) is 0 Å². The number of rotatable bonds is 6. The molecule has 1 heterocycles. The molecule has 4 nitrogen and oxygen atoms in total. The van der Waals surface area contributed by atoms with Gasteiger partial charge in [-0.1, -0.05) is 102 Å². The summed E-state index contributed by atoms with van der Waals surface area (Å²) in [6, 6.07) is 27.3. The summed E-state index contributed by atoms with van der Waals surface area (Å²) in [5.74, 6) is 0. The molecular formula is C24H20N2O2S2. The average molecular weight is 433 g/mol. The van der Waals surface area contributed by atoms with E-state index in [9.17, 15) is 8.42 Å². The van der Waals surface area contributed by atoms with Crippen LogP contribution in [0.1, 0.15) is 11.1 Å². The fourth-order valence-corrected chi connectivity index (χ4v) is 4.99. The monoisotopic (exact) mass is 432 g/mol. The lowest BCUT2D eigenvalue weighted by Gasteiger charge is -2.02. The maximum Gasteiger partial charge on any atom is 0.256 e. The van der Waals surface area contributed by atoms with Gasteiger partial charge in [-0.3, -0.25) is 4.72 Å². The summed E-state index contributed by atoms with van der Waals surface area (Å²) in [7, 11) is -3.69. The van der Waals surface area contributed by atoms with E-state index in [0.29, 0.717) is 5.13 Å². The molecule has 0 saturated heterocycles. The Morgan fingerprint density at radius 3 is 2.07 bits per heavy atom. The Balaban J connectivity index is 1.66. The summed E-state index contributed by atoms with van der Waals surface area (Å²) in [6.45, 7) is 1.99. The van der Waals surface area contributed by atoms with Gasteiger partial charge in [-0.2, -0.15) is 0 Å². The summed E-state index contributed by atoms with van der Waals surface area (Å²) in [6.07, 6.45) is 1.57. The number of sulfonamides is 1. The van der Waals surface area contributed by atoms with E-state index in [2.05, 4.69) is 9.71 Å². The highest BCUT2D eigenvalue weighted by Crippen LogP contribution is 2.39. The first kappa shape index (κ1) is 20.1. The van der Waals surface area contributed by atoms with Gasteiger partial charge in [0.2, 0.25) is 0 Å². The molecule has 150 valence electrons. The van der Waals surface area contributed by atoms with Crippen LogP contribution in [0.15, 0.2) is 90.3 Å². The Morgan fingerprint density at radius 1 is 0.833 bits per heavy atom. The van der Waals surface area contributed by atoms with Gasteiger partial charge in [-0.25, -0.2) is 13.4 Å². The van der Waals surface area contributed by atoms with Crippen LogP contribution in [0.25, 0.3) is 27.8 Å². The minimum atomic E-state index is -3.69. The number of benzene rings is 3. The van der Waals surface area contributed by atoms with E-state index in [-0.39, 0.29) is 0 Å². The number of hydrogen-bond acceptors (Lipinski definition) is 4. The van der Waals surface area contributed by atoms with E-state index < -0.39 is 10.0 Å². The van der Waals surface area contributed by atoms with Crippen LogP contribution in [0.3, 0.4) is 0 Å². The van der Waals surface area contributed by atoms with E-state index in [0.717, 1.165) is 32.8 Å². The fraction of sp³-hybridized carbons (Fsp3) is 0.0417. The van der Waals surface area contributed by atoms with Crippen molar-refractivity contribution in [2.45, 2.75) is 6.92 Å². The van der Waals surface area contributed by atoms with Crippen LogP contribution >= 0.6 is 11.3 Å². The Bertz CT molecular complexity index is 1210. The SMILES string of the molecule is Cc1ccc(/C=C/S(=O)(=O)Nc2nc(-c3ccccc3)c(-c3ccccc3)s2)cc1. The van der Waals surface area contributed by atoms with Crippen molar-refractivity contribution >= 4 is 32.6 Å². The highest BCUT2D eigenvalue weighted by atomic mass is 32.2. The Morgan fingerprint density at radius 2 is 1.43 bits per heavy atom. The molecule has 3 aromatic carbocycles. The zero-order valence-electron chi connectivity index (χ0n) is 16.3. The normalized spacial score (nSPS) is 11.6. The Labute approximate surface area is 180 Å². The van der Waals surface area contributed by atoms with Gasteiger partial charge in [-0.05, 0) is 24.1 Å². The van der Waals surface area contributed by atoms with Crippen molar-refractivity contribution in [3.63, 3.8) is 0 Å². The van der Waals surface area contributed by atoms with E-state index in [1.54, 1.807) is 6.08 Å². The molecular weight excluding hydrogens is 412 g/mol. The van der Waals surface area contributed by atoms with Gasteiger partial charge in [0.05, 0.1) is 16.0 Å². The second-order valence-electron chi connectivity index (χ2n) is 6.79. The van der Waals surface area contributed by atoms with Crippen LogP contribution in [0.2, 0.25) is 0 Å². The van der Waals surface area contributed by atoms with Gasteiger partial charge in [-0.15, -0.1) is 0 Å². The van der Waals surface area contributed by atoms with E-state index in [1.165, 1.54) is 16.7 Å². The van der Waals surface area contributed by atoms with Gasteiger partial charge in [0.25, 0.3) is 10.0 Å². The third kappa shape index (κ3) is 4.84. The summed E-state index contributed by atoms with van der Waals surface area (Å²) in [5.41, 5.74) is 4.63. The Kier molecular flexibility index (Phi) is 5.79. The molecule has 0 bridgehead atoms. The predicted molar refractivity (Wildman–Crippen MR) is 126 cm³/mol. The van der Waals surface area contributed by atoms with Crippen LogP contribution in [-0.2, 0) is 10.0 Å². The first-order valence-corrected chi connectivity index (χ1v) is 11.8. The van der Waals surface area contributed by atoms with Crippen LogP contribution < -0.4 is 4.72 Å². The summed E-state index contributed by atoms with van der Waals surface area (Å²) in [4.78, 5) is 5.52. The first-order valence-electron chi connectivity index (χ1n) is 9.39. The topological polar surface area (TPSA) is 59.1 Å². The molecule has 0 radical (unpaired) electrons. The van der Waals surface area contributed by atoms with Gasteiger partial charge >= 0.3 is 0 Å². The number of hydrogen-bond donors (Lipinski definition) is 1. The number of anilines is 1. The number of thiazole rings is 1. The number of aryl methyl sites for hydroxylation is 1. The summed E-state index contributed by atoms with van der Waals surface area (Å²) < 4.78 is 27.8. The minimum Gasteiger partial charge on any atom is -0.255 e. The lowest BCUT2D eigenvalue weighted by molar-refractivity contribution is 0.609. The molecule has 0 saturated carbocycles. The average Bonchev–Trinajstić information content (AvgIpc) is 3.18.